The lowest BCUT2D eigenvalue weighted by Crippen LogP contribution is -2.41. The Morgan fingerprint density at radius 3 is 2.43 bits per heavy atom. The lowest BCUT2D eigenvalue weighted by Gasteiger charge is -2.13. The first-order valence-electron chi connectivity index (χ1n) is 9.21. The van der Waals surface area contributed by atoms with Crippen LogP contribution in [-0.2, 0) is 23.0 Å². The Kier molecular flexibility index (Phi) is 12.1. The van der Waals surface area contributed by atoms with E-state index in [0.29, 0.717) is 29.7 Å². The van der Waals surface area contributed by atoms with E-state index in [1.54, 1.807) is 20.2 Å². The molecule has 0 spiro atoms. The molecule has 0 bridgehead atoms. The van der Waals surface area contributed by atoms with E-state index >= 15 is 0 Å². The summed E-state index contributed by atoms with van der Waals surface area (Å²) in [5.41, 5.74) is 1.90. The van der Waals surface area contributed by atoms with Gasteiger partial charge in [0.1, 0.15) is 5.75 Å². The second-order valence-electron chi connectivity index (χ2n) is 6.26. The van der Waals surface area contributed by atoms with E-state index in [4.69, 9.17) is 16.3 Å². The van der Waals surface area contributed by atoms with Crippen LogP contribution in [0.1, 0.15) is 11.1 Å². The van der Waals surface area contributed by atoms with Gasteiger partial charge in [-0.25, -0.2) is 13.1 Å². The molecule has 30 heavy (non-hydrogen) atoms. The van der Waals surface area contributed by atoms with Crippen LogP contribution in [0.15, 0.2) is 53.5 Å². The first-order chi connectivity index (χ1) is 13.9. The molecule has 3 N–H and O–H groups in total. The van der Waals surface area contributed by atoms with Gasteiger partial charge >= 0.3 is 0 Å². The number of aliphatic imine (C=N–C) groups is 1. The second-order valence-corrected chi connectivity index (χ2v) is 8.59. The Balaban J connectivity index is 0.00000450. The lowest BCUT2D eigenvalue weighted by atomic mass is 10.1. The van der Waals surface area contributed by atoms with Crippen LogP contribution in [0.3, 0.4) is 0 Å². The summed E-state index contributed by atoms with van der Waals surface area (Å²) in [6.45, 7) is 1.12. The first-order valence-corrected chi connectivity index (χ1v) is 11.2. The van der Waals surface area contributed by atoms with Gasteiger partial charge in [-0.05, 0) is 29.7 Å². The number of hydrogen-bond donors (Lipinski definition) is 3. The van der Waals surface area contributed by atoms with Gasteiger partial charge in [-0.2, -0.15) is 0 Å². The third-order valence-corrected chi connectivity index (χ3v) is 5.85. The molecule has 2 aromatic rings. The molecular weight excluding hydrogens is 539 g/mol. The summed E-state index contributed by atoms with van der Waals surface area (Å²) in [5, 5.41) is 6.80. The predicted molar refractivity (Wildman–Crippen MR) is 134 cm³/mol. The number of rotatable bonds is 10. The lowest BCUT2D eigenvalue weighted by molar-refractivity contribution is 0.414. The van der Waals surface area contributed by atoms with Gasteiger partial charge in [-0.1, -0.05) is 48.0 Å². The van der Waals surface area contributed by atoms with Crippen molar-refractivity contribution in [1.29, 1.82) is 0 Å². The maximum absolute atomic E-state index is 12.1. The highest BCUT2D eigenvalue weighted by Gasteiger charge is 2.10. The zero-order valence-electron chi connectivity index (χ0n) is 17.0. The Hall–Kier alpha value is -1.56. The van der Waals surface area contributed by atoms with E-state index < -0.39 is 10.0 Å². The predicted octanol–water partition coefficient (Wildman–Crippen LogP) is 2.79. The van der Waals surface area contributed by atoms with Crippen molar-refractivity contribution >= 4 is 51.6 Å². The molecule has 0 aliphatic carbocycles. The van der Waals surface area contributed by atoms with E-state index in [1.165, 1.54) is 0 Å². The summed E-state index contributed by atoms with van der Waals surface area (Å²) in [6.07, 6.45) is 0.695. The van der Waals surface area contributed by atoms with E-state index in [-0.39, 0.29) is 42.8 Å². The van der Waals surface area contributed by atoms with E-state index in [0.717, 1.165) is 11.1 Å². The van der Waals surface area contributed by atoms with Crippen LogP contribution in [0.2, 0.25) is 5.02 Å². The average molecular weight is 567 g/mol. The number of benzene rings is 2. The molecular formula is C20H28ClIN4O3S. The molecule has 0 unspecified atom stereocenters. The fraction of sp³-hybridized carbons (Fsp3) is 0.350. The van der Waals surface area contributed by atoms with E-state index in [1.807, 2.05) is 42.5 Å². The third-order valence-electron chi connectivity index (χ3n) is 4.17. The van der Waals surface area contributed by atoms with Crippen LogP contribution in [0.5, 0.6) is 5.75 Å². The highest BCUT2D eigenvalue weighted by molar-refractivity contribution is 14.0. The van der Waals surface area contributed by atoms with Gasteiger partial charge in [0.2, 0.25) is 10.0 Å². The Labute approximate surface area is 200 Å². The normalized spacial score (nSPS) is 11.5. The Bertz CT molecular complexity index is 912. The summed E-state index contributed by atoms with van der Waals surface area (Å²) in [7, 11) is -0.150. The number of methoxy groups -OCH3 is 1. The molecule has 0 aliphatic rings. The molecule has 0 fully saturated rings. The van der Waals surface area contributed by atoms with Gasteiger partial charge < -0.3 is 15.4 Å². The van der Waals surface area contributed by atoms with Gasteiger partial charge in [-0.15, -0.1) is 24.0 Å². The number of nitrogens with zero attached hydrogens (tertiary/aromatic N) is 1. The van der Waals surface area contributed by atoms with Crippen molar-refractivity contribution in [2.75, 3.05) is 33.0 Å². The molecule has 2 rings (SSSR count). The topological polar surface area (TPSA) is 91.8 Å². The van der Waals surface area contributed by atoms with Crippen LogP contribution < -0.4 is 20.1 Å². The number of sulfonamides is 1. The van der Waals surface area contributed by atoms with Crippen molar-refractivity contribution in [3.05, 3.63) is 64.7 Å². The quantitative estimate of drug-likeness (QED) is 0.234. The highest BCUT2D eigenvalue weighted by atomic mass is 127. The molecule has 166 valence electrons. The molecule has 0 atom stereocenters. The molecule has 0 heterocycles. The first kappa shape index (κ1) is 26.5. The summed E-state index contributed by atoms with van der Waals surface area (Å²) in [4.78, 5) is 4.11. The number of ether oxygens (including phenoxy) is 1. The summed E-state index contributed by atoms with van der Waals surface area (Å²) in [5.74, 6) is 1.20. The third kappa shape index (κ3) is 9.50. The Morgan fingerprint density at radius 1 is 1.10 bits per heavy atom. The fourth-order valence-corrected chi connectivity index (χ4v) is 3.73. The number of hydrogen-bond acceptors (Lipinski definition) is 4. The van der Waals surface area contributed by atoms with Crippen molar-refractivity contribution < 1.29 is 13.2 Å². The Morgan fingerprint density at radius 2 is 1.80 bits per heavy atom. The molecule has 0 saturated heterocycles. The van der Waals surface area contributed by atoms with Crippen molar-refractivity contribution in [2.24, 2.45) is 4.99 Å². The second kappa shape index (κ2) is 13.7. The molecule has 7 nitrogen and oxygen atoms in total. The standard InChI is InChI=1S/C20H27ClN4O3S.HI/c1-22-20(23-11-10-17-8-9-18(28-2)14-19(17)21)24-12-13-29(26,27)25-15-16-6-4-3-5-7-16;/h3-9,14,25H,10-13,15H2,1-2H3,(H2,22,23,24);1H. The van der Waals surface area contributed by atoms with Crippen LogP contribution in [0, 0.1) is 0 Å². The average Bonchev–Trinajstić information content (AvgIpc) is 2.73. The molecule has 0 amide bonds. The van der Waals surface area contributed by atoms with Crippen LogP contribution in [0.4, 0.5) is 0 Å². The summed E-state index contributed by atoms with van der Waals surface area (Å²) >= 11 is 6.24. The van der Waals surface area contributed by atoms with Gasteiger partial charge in [0.05, 0.1) is 12.9 Å². The minimum atomic E-state index is -3.38. The molecule has 0 aliphatic heterocycles. The maximum atomic E-state index is 12.1. The van der Waals surface area contributed by atoms with Crippen LogP contribution >= 0.6 is 35.6 Å². The molecule has 10 heteroatoms. The summed E-state index contributed by atoms with van der Waals surface area (Å²) < 4.78 is 32.0. The number of nitrogens with one attached hydrogen (secondary N) is 3. The number of halogens is 2. The molecule has 0 aromatic heterocycles. The largest absolute Gasteiger partial charge is 0.497 e. The van der Waals surface area contributed by atoms with Crippen molar-refractivity contribution in [3.63, 3.8) is 0 Å². The molecule has 0 saturated carbocycles. The summed E-state index contributed by atoms with van der Waals surface area (Å²) in [6, 6.07) is 15.0. The van der Waals surface area contributed by atoms with Gasteiger partial charge in [-0.3, -0.25) is 4.99 Å². The van der Waals surface area contributed by atoms with Crippen molar-refractivity contribution in [2.45, 2.75) is 13.0 Å². The van der Waals surface area contributed by atoms with Crippen molar-refractivity contribution in [3.8, 4) is 5.75 Å². The van der Waals surface area contributed by atoms with Gasteiger partial charge in [0, 0.05) is 31.7 Å². The van der Waals surface area contributed by atoms with Crippen LogP contribution in [0.25, 0.3) is 0 Å². The smallest absolute Gasteiger partial charge is 0.213 e. The minimum absolute atomic E-state index is 0. The monoisotopic (exact) mass is 566 g/mol. The van der Waals surface area contributed by atoms with Crippen molar-refractivity contribution in [1.82, 2.24) is 15.4 Å². The van der Waals surface area contributed by atoms with E-state index in [9.17, 15) is 8.42 Å². The SMILES string of the molecule is CN=C(NCCc1ccc(OC)cc1Cl)NCCS(=O)(=O)NCc1ccccc1.I. The van der Waals surface area contributed by atoms with Gasteiger partial charge in [0.15, 0.2) is 5.96 Å². The zero-order chi connectivity index (χ0) is 21.1. The molecule has 0 radical (unpaired) electrons. The zero-order valence-corrected chi connectivity index (χ0v) is 20.9. The highest BCUT2D eigenvalue weighted by Crippen LogP contribution is 2.22. The van der Waals surface area contributed by atoms with E-state index in [2.05, 4.69) is 20.3 Å². The van der Waals surface area contributed by atoms with Gasteiger partial charge in [0.25, 0.3) is 0 Å². The number of guanidine groups is 1. The maximum Gasteiger partial charge on any atom is 0.213 e. The minimum Gasteiger partial charge on any atom is -0.497 e. The van der Waals surface area contributed by atoms with Crippen LogP contribution in [-0.4, -0.2) is 47.4 Å². The fourth-order valence-electron chi connectivity index (χ4n) is 2.56. The molecule has 2 aromatic carbocycles.